The lowest BCUT2D eigenvalue weighted by atomic mass is 10.0. The number of H-pyrrole nitrogens is 1. The van der Waals surface area contributed by atoms with Gasteiger partial charge in [-0.15, -0.1) is 0 Å². The Balaban J connectivity index is 1.75. The molecule has 0 aliphatic carbocycles. The zero-order valence-corrected chi connectivity index (χ0v) is 13.0. The van der Waals surface area contributed by atoms with Gasteiger partial charge in [0.15, 0.2) is 9.84 Å². The molecule has 1 fully saturated rings. The Bertz CT molecular complexity index is 798. The third-order valence-corrected chi connectivity index (χ3v) is 5.71. The topological polar surface area (TPSA) is 91.9 Å². The molecule has 1 aliphatic rings. The number of carbonyl (C=O) groups excluding carboxylic acids is 1. The molecule has 1 amide bonds. The average molecular weight is 319 g/mol. The number of nitrogens with one attached hydrogen (secondary N) is 2. The minimum Gasteiger partial charge on any atom is -0.345 e. The largest absolute Gasteiger partial charge is 0.345 e. The third-order valence-electron chi connectivity index (χ3n) is 3.81. The maximum atomic E-state index is 12.3. The number of benzene rings is 1. The molecule has 1 aromatic heterocycles. The van der Waals surface area contributed by atoms with Crippen molar-refractivity contribution in [2.45, 2.75) is 18.9 Å². The van der Waals surface area contributed by atoms with Crippen LogP contribution in [-0.2, 0) is 9.84 Å². The Labute approximate surface area is 128 Å². The first kappa shape index (κ1) is 14.8. The van der Waals surface area contributed by atoms with Gasteiger partial charge < -0.3 is 5.32 Å². The summed E-state index contributed by atoms with van der Waals surface area (Å²) in [4.78, 5) is 12.3. The normalized spacial score (nSPS) is 23.3. The van der Waals surface area contributed by atoms with Gasteiger partial charge in [-0.25, -0.2) is 8.42 Å². The molecule has 7 heteroatoms. The van der Waals surface area contributed by atoms with Crippen molar-refractivity contribution in [1.29, 1.82) is 0 Å². The monoisotopic (exact) mass is 319 g/mol. The van der Waals surface area contributed by atoms with Gasteiger partial charge in [0.25, 0.3) is 5.91 Å². The fourth-order valence-electron chi connectivity index (χ4n) is 2.65. The summed E-state index contributed by atoms with van der Waals surface area (Å²) in [5, 5.41) is 9.64. The van der Waals surface area contributed by atoms with E-state index in [-0.39, 0.29) is 17.4 Å². The van der Waals surface area contributed by atoms with Crippen molar-refractivity contribution in [2.24, 2.45) is 0 Å². The number of amides is 1. The van der Waals surface area contributed by atoms with Gasteiger partial charge in [-0.3, -0.25) is 9.89 Å². The lowest BCUT2D eigenvalue weighted by Crippen LogP contribution is -2.47. The fraction of sp³-hybridized carbons (Fsp3) is 0.333. The lowest BCUT2D eigenvalue weighted by Gasteiger charge is -2.23. The van der Waals surface area contributed by atoms with Gasteiger partial charge >= 0.3 is 0 Å². The van der Waals surface area contributed by atoms with Crippen molar-refractivity contribution in [1.82, 2.24) is 15.5 Å². The molecule has 3 rings (SSSR count). The van der Waals surface area contributed by atoms with Crippen LogP contribution in [0.15, 0.2) is 36.4 Å². The number of nitrogens with zero attached hydrogens (tertiary/aromatic N) is 1. The van der Waals surface area contributed by atoms with Crippen LogP contribution in [0, 0.1) is 0 Å². The van der Waals surface area contributed by atoms with E-state index in [9.17, 15) is 13.2 Å². The Morgan fingerprint density at radius 3 is 2.68 bits per heavy atom. The molecule has 1 atom stereocenters. The van der Waals surface area contributed by atoms with Crippen molar-refractivity contribution in [3.8, 4) is 11.3 Å². The molecule has 1 aromatic carbocycles. The molecule has 1 aliphatic heterocycles. The minimum atomic E-state index is -3.06. The van der Waals surface area contributed by atoms with Crippen LogP contribution in [0.4, 0.5) is 0 Å². The molecule has 0 radical (unpaired) electrons. The van der Waals surface area contributed by atoms with E-state index < -0.39 is 15.4 Å². The summed E-state index contributed by atoms with van der Waals surface area (Å²) in [6.07, 6.45) is 0.431. The number of hydrogen-bond donors (Lipinski definition) is 2. The molecule has 22 heavy (non-hydrogen) atoms. The van der Waals surface area contributed by atoms with Crippen LogP contribution in [0.5, 0.6) is 0 Å². The number of hydrogen-bond acceptors (Lipinski definition) is 4. The molecule has 1 saturated heterocycles. The quantitative estimate of drug-likeness (QED) is 0.894. The Hall–Kier alpha value is -2.15. The number of aromatic amines is 1. The highest BCUT2D eigenvalue weighted by molar-refractivity contribution is 7.91. The minimum absolute atomic E-state index is 0.0224. The standard InChI is InChI=1S/C15H17N3O3S/c1-15(7-8-22(20,21)10-15)16-14(19)13-9-12(17-18-13)11-5-3-2-4-6-11/h2-6,9H,7-8,10H2,1H3,(H,16,19)(H,17,18)/t15-/m0/s1. The second-order valence-corrected chi connectivity index (χ2v) is 8.07. The molecular formula is C15H17N3O3S. The van der Waals surface area contributed by atoms with E-state index in [2.05, 4.69) is 15.5 Å². The Kier molecular flexibility index (Phi) is 3.52. The second-order valence-electron chi connectivity index (χ2n) is 5.89. The van der Waals surface area contributed by atoms with Crippen LogP contribution >= 0.6 is 0 Å². The first-order chi connectivity index (χ1) is 10.4. The van der Waals surface area contributed by atoms with Crippen molar-refractivity contribution in [3.05, 3.63) is 42.1 Å². The fourth-order valence-corrected chi connectivity index (χ4v) is 4.74. The van der Waals surface area contributed by atoms with E-state index in [0.717, 1.165) is 5.56 Å². The Morgan fingerprint density at radius 1 is 1.32 bits per heavy atom. The van der Waals surface area contributed by atoms with Crippen molar-refractivity contribution in [3.63, 3.8) is 0 Å². The molecule has 116 valence electrons. The first-order valence-corrected chi connectivity index (χ1v) is 8.83. The van der Waals surface area contributed by atoms with Crippen molar-refractivity contribution < 1.29 is 13.2 Å². The second kappa shape index (κ2) is 5.24. The van der Waals surface area contributed by atoms with Gasteiger partial charge in [-0.1, -0.05) is 30.3 Å². The number of aromatic nitrogens is 2. The maximum absolute atomic E-state index is 12.3. The third kappa shape index (κ3) is 3.04. The van der Waals surface area contributed by atoms with Crippen LogP contribution in [0.3, 0.4) is 0 Å². The summed E-state index contributed by atoms with van der Waals surface area (Å²) in [5.41, 5.74) is 1.19. The number of carbonyl (C=O) groups is 1. The predicted molar refractivity (Wildman–Crippen MR) is 83.2 cm³/mol. The van der Waals surface area contributed by atoms with Crippen LogP contribution in [0.2, 0.25) is 0 Å². The highest BCUT2D eigenvalue weighted by Gasteiger charge is 2.39. The summed E-state index contributed by atoms with van der Waals surface area (Å²) in [6, 6.07) is 11.2. The highest BCUT2D eigenvalue weighted by atomic mass is 32.2. The molecule has 2 N–H and O–H groups in total. The summed E-state index contributed by atoms with van der Waals surface area (Å²) in [6.45, 7) is 1.75. The molecule has 0 spiro atoms. The van der Waals surface area contributed by atoms with Crippen LogP contribution in [0.1, 0.15) is 23.8 Å². The van der Waals surface area contributed by atoms with E-state index in [4.69, 9.17) is 0 Å². The van der Waals surface area contributed by atoms with Gasteiger partial charge in [0.1, 0.15) is 5.69 Å². The van der Waals surface area contributed by atoms with Gasteiger partial charge in [-0.2, -0.15) is 5.10 Å². The Morgan fingerprint density at radius 2 is 2.05 bits per heavy atom. The molecule has 6 nitrogen and oxygen atoms in total. The summed E-state index contributed by atoms with van der Waals surface area (Å²) >= 11 is 0. The lowest BCUT2D eigenvalue weighted by molar-refractivity contribution is 0.0910. The molecular weight excluding hydrogens is 302 g/mol. The summed E-state index contributed by atoms with van der Waals surface area (Å²) < 4.78 is 23.2. The van der Waals surface area contributed by atoms with Crippen LogP contribution in [-0.4, -0.2) is 41.6 Å². The molecule has 0 bridgehead atoms. The average Bonchev–Trinajstić information content (AvgIpc) is 3.05. The van der Waals surface area contributed by atoms with Gasteiger partial charge in [0.2, 0.25) is 0 Å². The SMILES string of the molecule is C[C@]1(NC(=O)c2cc(-c3ccccc3)n[nH]2)CCS(=O)(=O)C1. The zero-order valence-electron chi connectivity index (χ0n) is 12.2. The van der Waals surface area contributed by atoms with E-state index >= 15 is 0 Å². The number of sulfone groups is 1. The van der Waals surface area contributed by atoms with Gasteiger partial charge in [0, 0.05) is 5.56 Å². The van der Waals surface area contributed by atoms with E-state index in [1.165, 1.54) is 0 Å². The highest BCUT2D eigenvalue weighted by Crippen LogP contribution is 2.23. The van der Waals surface area contributed by atoms with Gasteiger partial charge in [0.05, 0.1) is 22.7 Å². The van der Waals surface area contributed by atoms with Gasteiger partial charge in [-0.05, 0) is 19.4 Å². The van der Waals surface area contributed by atoms with Crippen molar-refractivity contribution in [2.75, 3.05) is 11.5 Å². The van der Waals surface area contributed by atoms with E-state index in [0.29, 0.717) is 17.8 Å². The van der Waals surface area contributed by atoms with E-state index in [1.807, 2.05) is 30.3 Å². The number of rotatable bonds is 3. The first-order valence-electron chi connectivity index (χ1n) is 7.01. The van der Waals surface area contributed by atoms with E-state index in [1.54, 1.807) is 13.0 Å². The molecule has 2 heterocycles. The molecule has 2 aromatic rings. The van der Waals surface area contributed by atoms with Crippen molar-refractivity contribution >= 4 is 15.7 Å². The van der Waals surface area contributed by atoms with Crippen LogP contribution in [0.25, 0.3) is 11.3 Å². The zero-order chi connectivity index (χ0) is 15.8. The predicted octanol–water partition coefficient (Wildman–Crippen LogP) is 1.38. The maximum Gasteiger partial charge on any atom is 0.269 e. The van der Waals surface area contributed by atoms with Crippen LogP contribution < -0.4 is 5.32 Å². The summed E-state index contributed by atoms with van der Waals surface area (Å²) in [7, 11) is -3.06. The molecule has 0 unspecified atom stereocenters. The molecule has 0 saturated carbocycles. The summed E-state index contributed by atoms with van der Waals surface area (Å²) in [5.74, 6) is -0.248. The smallest absolute Gasteiger partial charge is 0.269 e.